The van der Waals surface area contributed by atoms with E-state index in [0.717, 1.165) is 12.8 Å². The second-order valence-corrected chi connectivity index (χ2v) is 5.57. The third kappa shape index (κ3) is 3.16. The van der Waals surface area contributed by atoms with E-state index in [9.17, 15) is 12.9 Å². The van der Waals surface area contributed by atoms with Crippen LogP contribution in [0.5, 0.6) is 0 Å². The highest BCUT2D eigenvalue weighted by Crippen LogP contribution is 2.44. The van der Waals surface area contributed by atoms with Crippen molar-refractivity contribution in [2.24, 2.45) is 5.41 Å². The average molecular weight is 234 g/mol. The molecule has 0 N–H and O–H groups in total. The van der Waals surface area contributed by atoms with Crippen LogP contribution in [0.1, 0.15) is 44.9 Å². The van der Waals surface area contributed by atoms with Crippen molar-refractivity contribution in [3.05, 3.63) is 0 Å². The Kier molecular flexibility index (Phi) is 3.52. The lowest BCUT2D eigenvalue weighted by molar-refractivity contribution is 0.0721. The molecule has 5 heteroatoms. The standard InChI is InChI=1S/C11H20BF3N/c13-12(14,15)10-16-8-6-11(7-9-16)4-2-1-3-5-11/h1-10H2/q-1. The van der Waals surface area contributed by atoms with Gasteiger partial charge >= 0.3 is 6.98 Å². The van der Waals surface area contributed by atoms with E-state index < -0.39 is 13.4 Å². The summed E-state index contributed by atoms with van der Waals surface area (Å²) in [6, 6.07) is 0. The van der Waals surface area contributed by atoms with Crippen LogP contribution in [0.25, 0.3) is 0 Å². The Morgan fingerprint density at radius 3 is 1.94 bits per heavy atom. The zero-order valence-electron chi connectivity index (χ0n) is 9.73. The van der Waals surface area contributed by atoms with Gasteiger partial charge in [0.25, 0.3) is 0 Å². The molecule has 0 aromatic heterocycles. The van der Waals surface area contributed by atoms with Crippen LogP contribution < -0.4 is 0 Å². The van der Waals surface area contributed by atoms with Gasteiger partial charge in [0.05, 0.1) is 0 Å². The van der Waals surface area contributed by atoms with E-state index in [1.54, 1.807) is 4.90 Å². The fraction of sp³-hybridized carbons (Fsp3) is 1.00. The molecule has 16 heavy (non-hydrogen) atoms. The van der Waals surface area contributed by atoms with Crippen molar-refractivity contribution in [3.8, 4) is 0 Å². The minimum atomic E-state index is -4.64. The Morgan fingerprint density at radius 1 is 0.875 bits per heavy atom. The molecule has 2 fully saturated rings. The SMILES string of the molecule is F[B-](F)(F)CN1CCC2(CCCCC2)CC1. The van der Waals surface area contributed by atoms with Gasteiger partial charge in [0.15, 0.2) is 0 Å². The second-order valence-electron chi connectivity index (χ2n) is 5.57. The summed E-state index contributed by atoms with van der Waals surface area (Å²) < 4.78 is 36.9. The zero-order chi connectivity index (χ0) is 11.6. The summed E-state index contributed by atoms with van der Waals surface area (Å²) in [4.78, 5) is 1.60. The summed E-state index contributed by atoms with van der Waals surface area (Å²) in [5, 5.41) is 0. The number of likely N-dealkylation sites (tertiary alicyclic amines) is 1. The molecule has 1 spiro atoms. The Bertz CT molecular complexity index is 226. The molecule has 0 aromatic rings. The maximum atomic E-state index is 12.3. The third-order valence-electron chi connectivity index (χ3n) is 4.30. The fourth-order valence-electron chi connectivity index (χ4n) is 3.30. The van der Waals surface area contributed by atoms with E-state index in [1.165, 1.54) is 32.1 Å². The van der Waals surface area contributed by atoms with Gasteiger partial charge in [-0.2, -0.15) is 0 Å². The molecule has 0 atom stereocenters. The molecule has 1 heterocycles. The molecule has 1 nitrogen and oxygen atoms in total. The largest absolute Gasteiger partial charge is 0.492 e. The molecular formula is C11H20BF3N-. The average Bonchev–Trinajstić information content (AvgIpc) is 2.22. The van der Waals surface area contributed by atoms with Crippen LogP contribution in [0.4, 0.5) is 12.9 Å². The summed E-state index contributed by atoms with van der Waals surface area (Å²) in [6.07, 6.45) is 7.69. The minimum Gasteiger partial charge on any atom is -0.448 e. The summed E-state index contributed by atoms with van der Waals surface area (Å²) >= 11 is 0. The Balaban J connectivity index is 1.82. The molecule has 0 amide bonds. The van der Waals surface area contributed by atoms with Crippen LogP contribution in [0.15, 0.2) is 0 Å². The second kappa shape index (κ2) is 4.59. The van der Waals surface area contributed by atoms with E-state index in [2.05, 4.69) is 0 Å². The van der Waals surface area contributed by atoms with Gasteiger partial charge in [0, 0.05) is 0 Å². The van der Waals surface area contributed by atoms with E-state index >= 15 is 0 Å². The van der Waals surface area contributed by atoms with Gasteiger partial charge < -0.3 is 17.8 Å². The first-order chi connectivity index (χ1) is 7.49. The summed E-state index contributed by atoms with van der Waals surface area (Å²) in [6.45, 7) is -3.33. The molecule has 0 unspecified atom stereocenters. The van der Waals surface area contributed by atoms with Crippen molar-refractivity contribution in [2.75, 3.05) is 19.5 Å². The fourth-order valence-corrected chi connectivity index (χ4v) is 3.30. The van der Waals surface area contributed by atoms with Crippen LogP contribution in [-0.4, -0.2) is 31.4 Å². The first-order valence-electron chi connectivity index (χ1n) is 6.43. The summed E-state index contributed by atoms with van der Waals surface area (Å²) in [5.41, 5.74) is 0.410. The maximum Gasteiger partial charge on any atom is 0.492 e. The molecule has 1 saturated heterocycles. The van der Waals surface area contributed by atoms with Gasteiger partial charge in [-0.25, -0.2) is 0 Å². The van der Waals surface area contributed by atoms with E-state index in [0.29, 0.717) is 18.5 Å². The van der Waals surface area contributed by atoms with Gasteiger partial charge in [-0.15, -0.1) is 0 Å². The van der Waals surface area contributed by atoms with Gasteiger partial charge in [0.2, 0.25) is 0 Å². The summed E-state index contributed by atoms with van der Waals surface area (Å²) in [7, 11) is 0. The highest BCUT2D eigenvalue weighted by Gasteiger charge is 2.37. The monoisotopic (exact) mass is 234 g/mol. The van der Waals surface area contributed by atoms with E-state index in [1.807, 2.05) is 0 Å². The Morgan fingerprint density at radius 2 is 1.44 bits per heavy atom. The lowest BCUT2D eigenvalue weighted by Crippen LogP contribution is -2.46. The van der Waals surface area contributed by atoms with Crippen LogP contribution in [0.2, 0.25) is 0 Å². The highest BCUT2D eigenvalue weighted by molar-refractivity contribution is 6.58. The van der Waals surface area contributed by atoms with Crippen molar-refractivity contribution in [2.45, 2.75) is 44.9 Å². The number of nitrogens with zero attached hydrogens (tertiary/aromatic N) is 1. The molecule has 1 aliphatic carbocycles. The Hall–Kier alpha value is -0.185. The molecule has 1 saturated carbocycles. The topological polar surface area (TPSA) is 3.24 Å². The lowest BCUT2D eigenvalue weighted by Gasteiger charge is -2.45. The van der Waals surface area contributed by atoms with Crippen molar-refractivity contribution in [1.82, 2.24) is 4.90 Å². The quantitative estimate of drug-likeness (QED) is 0.661. The van der Waals surface area contributed by atoms with Gasteiger partial charge in [0.1, 0.15) is 0 Å². The normalized spacial score (nSPS) is 27.2. The smallest absolute Gasteiger partial charge is 0.448 e. The predicted octanol–water partition coefficient (Wildman–Crippen LogP) is 3.42. The molecular weight excluding hydrogens is 214 g/mol. The molecule has 0 aromatic carbocycles. The van der Waals surface area contributed by atoms with Crippen molar-refractivity contribution in [1.29, 1.82) is 0 Å². The predicted molar refractivity (Wildman–Crippen MR) is 60.3 cm³/mol. The number of rotatable bonds is 2. The van der Waals surface area contributed by atoms with Crippen molar-refractivity contribution < 1.29 is 12.9 Å². The van der Waals surface area contributed by atoms with Gasteiger partial charge in [-0.3, -0.25) is 0 Å². The van der Waals surface area contributed by atoms with Gasteiger partial charge in [-0.1, -0.05) is 19.3 Å². The molecule has 0 radical (unpaired) electrons. The number of hydrogen-bond donors (Lipinski definition) is 0. The van der Waals surface area contributed by atoms with Gasteiger partial charge in [-0.05, 0) is 50.6 Å². The highest BCUT2D eigenvalue weighted by atomic mass is 19.4. The number of piperidine rings is 1. The van der Waals surface area contributed by atoms with E-state index in [4.69, 9.17) is 0 Å². The molecule has 2 rings (SSSR count). The maximum absolute atomic E-state index is 12.3. The van der Waals surface area contributed by atoms with Crippen molar-refractivity contribution >= 4 is 6.98 Å². The van der Waals surface area contributed by atoms with E-state index in [-0.39, 0.29) is 0 Å². The number of hydrogen-bond acceptors (Lipinski definition) is 1. The molecule has 94 valence electrons. The first-order valence-corrected chi connectivity index (χ1v) is 6.43. The zero-order valence-corrected chi connectivity index (χ0v) is 9.73. The third-order valence-corrected chi connectivity index (χ3v) is 4.30. The Labute approximate surface area is 95.4 Å². The molecule has 0 bridgehead atoms. The molecule has 2 aliphatic rings. The molecule has 1 aliphatic heterocycles. The number of halogens is 3. The first kappa shape index (κ1) is 12.3. The van der Waals surface area contributed by atoms with Crippen LogP contribution >= 0.6 is 0 Å². The van der Waals surface area contributed by atoms with Crippen molar-refractivity contribution in [3.63, 3.8) is 0 Å². The van der Waals surface area contributed by atoms with Crippen LogP contribution in [0.3, 0.4) is 0 Å². The lowest BCUT2D eigenvalue weighted by atomic mass is 9.68. The minimum absolute atomic E-state index is 0.410. The van der Waals surface area contributed by atoms with Crippen LogP contribution in [-0.2, 0) is 0 Å². The summed E-state index contributed by atoms with van der Waals surface area (Å²) in [5.74, 6) is 0. The van der Waals surface area contributed by atoms with Crippen LogP contribution in [0, 0.1) is 5.41 Å².